The maximum atomic E-state index is 12.6. The Balaban J connectivity index is 2.17. The highest BCUT2D eigenvalue weighted by Gasteiger charge is 2.30. The van der Waals surface area contributed by atoms with Crippen LogP contribution in [-0.2, 0) is 11.2 Å². The van der Waals surface area contributed by atoms with Crippen molar-refractivity contribution in [3.05, 3.63) is 52.1 Å². The number of nitrogens with one attached hydrogen (secondary N) is 2. The number of nitrogens with two attached hydrogens (primary N) is 2. The smallest absolute Gasteiger partial charge is 0.282 e. The summed E-state index contributed by atoms with van der Waals surface area (Å²) in [6.07, 6.45) is 3.05. The highest BCUT2D eigenvalue weighted by Crippen LogP contribution is 2.25. The average Bonchev–Trinajstić information content (AvgIpc) is 3.11. The molecule has 0 radical (unpaired) electrons. The number of nitrogens with zero attached hydrogens (tertiary/aromatic N) is 2. The lowest BCUT2D eigenvalue weighted by Gasteiger charge is -2.18. The van der Waals surface area contributed by atoms with E-state index in [1.807, 2.05) is 0 Å². The molecule has 1 heterocycles. The van der Waals surface area contributed by atoms with E-state index >= 15 is 0 Å². The number of nitro benzene ring substituents is 1. The minimum Gasteiger partial charge on any atom is -0.398 e. The summed E-state index contributed by atoms with van der Waals surface area (Å²) in [5.74, 6) is -1.58. The number of amides is 1. The summed E-state index contributed by atoms with van der Waals surface area (Å²) in [5.41, 5.74) is 11.1. The number of hydrogen-bond donors (Lipinski definition) is 5. The van der Waals surface area contributed by atoms with Gasteiger partial charge in [-0.2, -0.15) is 0 Å². The molecular formula is C15H18N6O5. The number of imidazole rings is 1. The molecule has 0 bridgehead atoms. The normalized spacial score (nSPS) is 13.0. The standard InChI is InChI=1S/C15H18N6O5/c16-9-2-1-3-12(21(25)26)13(9)14(23)11(6-22)20-15(24)10(17)4-8-5-18-7-19-8/h1-3,5,7,10-11,22H,4,6,16-17H2,(H,18,19)(H,20,24). The van der Waals surface area contributed by atoms with E-state index in [0.717, 1.165) is 6.07 Å². The van der Waals surface area contributed by atoms with Crippen LogP contribution >= 0.6 is 0 Å². The fourth-order valence-corrected chi connectivity index (χ4v) is 2.35. The van der Waals surface area contributed by atoms with Crippen molar-refractivity contribution in [2.75, 3.05) is 12.3 Å². The summed E-state index contributed by atoms with van der Waals surface area (Å²) in [4.78, 5) is 41.7. The summed E-state index contributed by atoms with van der Waals surface area (Å²) >= 11 is 0. The first kappa shape index (κ1) is 19.0. The van der Waals surface area contributed by atoms with Crippen LogP contribution in [0.25, 0.3) is 0 Å². The van der Waals surface area contributed by atoms with Gasteiger partial charge in [0.1, 0.15) is 11.6 Å². The van der Waals surface area contributed by atoms with E-state index in [1.54, 1.807) is 0 Å². The van der Waals surface area contributed by atoms with Crippen LogP contribution in [0.2, 0.25) is 0 Å². The molecule has 1 aromatic carbocycles. The minimum absolute atomic E-state index is 0.126. The Bertz CT molecular complexity index is 807. The van der Waals surface area contributed by atoms with Crippen LogP contribution in [0.15, 0.2) is 30.7 Å². The lowest BCUT2D eigenvalue weighted by molar-refractivity contribution is -0.385. The molecule has 0 aliphatic heterocycles. The number of ketones is 1. The van der Waals surface area contributed by atoms with Crippen molar-refractivity contribution in [3.63, 3.8) is 0 Å². The van der Waals surface area contributed by atoms with Crippen molar-refractivity contribution < 1.29 is 19.6 Å². The topological polar surface area (TPSA) is 190 Å². The summed E-state index contributed by atoms with van der Waals surface area (Å²) in [6, 6.07) is 1.33. The molecule has 11 heteroatoms. The highest BCUT2D eigenvalue weighted by molar-refractivity contribution is 6.09. The molecule has 2 aromatic rings. The van der Waals surface area contributed by atoms with E-state index in [1.165, 1.54) is 24.7 Å². The van der Waals surface area contributed by atoms with E-state index in [2.05, 4.69) is 15.3 Å². The van der Waals surface area contributed by atoms with E-state index in [0.29, 0.717) is 5.69 Å². The Morgan fingerprint density at radius 2 is 2.15 bits per heavy atom. The number of nitro groups is 1. The second-order valence-electron chi connectivity index (χ2n) is 5.49. The molecule has 0 saturated heterocycles. The maximum absolute atomic E-state index is 12.6. The molecule has 26 heavy (non-hydrogen) atoms. The molecule has 0 aliphatic rings. The Morgan fingerprint density at radius 1 is 1.42 bits per heavy atom. The molecule has 11 nitrogen and oxygen atoms in total. The molecule has 0 aliphatic carbocycles. The number of nitrogen functional groups attached to an aromatic ring is 1. The van der Waals surface area contributed by atoms with Crippen molar-refractivity contribution in [3.8, 4) is 0 Å². The predicted octanol–water partition coefficient (Wildman–Crippen LogP) is -0.870. The number of hydrogen-bond acceptors (Lipinski definition) is 8. The third-order valence-corrected chi connectivity index (χ3v) is 3.66. The highest BCUT2D eigenvalue weighted by atomic mass is 16.6. The number of rotatable bonds is 8. The molecule has 1 aromatic heterocycles. The van der Waals surface area contributed by atoms with Crippen LogP contribution in [0.4, 0.5) is 11.4 Å². The molecule has 2 unspecified atom stereocenters. The minimum atomic E-state index is -1.42. The van der Waals surface area contributed by atoms with Crippen molar-refractivity contribution >= 4 is 23.1 Å². The Kier molecular flexibility index (Phi) is 5.98. The van der Waals surface area contributed by atoms with Gasteiger partial charge in [0.05, 0.1) is 23.9 Å². The lowest BCUT2D eigenvalue weighted by atomic mass is 10.00. The van der Waals surface area contributed by atoms with Crippen LogP contribution in [0.5, 0.6) is 0 Å². The second kappa shape index (κ2) is 8.18. The fourth-order valence-electron chi connectivity index (χ4n) is 2.35. The number of H-pyrrole nitrogens is 1. The van der Waals surface area contributed by atoms with Crippen molar-refractivity contribution in [1.82, 2.24) is 15.3 Å². The van der Waals surface area contributed by atoms with E-state index in [9.17, 15) is 24.8 Å². The zero-order valence-corrected chi connectivity index (χ0v) is 13.6. The van der Waals surface area contributed by atoms with Crippen LogP contribution in [-0.4, -0.2) is 50.4 Å². The summed E-state index contributed by atoms with van der Waals surface area (Å²) in [5, 5.41) is 22.9. The number of aliphatic hydroxyl groups excluding tert-OH is 1. The Morgan fingerprint density at radius 3 is 2.73 bits per heavy atom. The molecule has 138 valence electrons. The van der Waals surface area contributed by atoms with Gasteiger partial charge >= 0.3 is 0 Å². The molecule has 0 fully saturated rings. The lowest BCUT2D eigenvalue weighted by Crippen LogP contribution is -2.50. The van der Waals surface area contributed by atoms with Crippen LogP contribution in [0.3, 0.4) is 0 Å². The molecule has 2 atom stereocenters. The van der Waals surface area contributed by atoms with Gasteiger partial charge in [-0.05, 0) is 6.07 Å². The average molecular weight is 362 g/mol. The number of carbonyl (C=O) groups is 2. The number of aromatic amines is 1. The van der Waals surface area contributed by atoms with Gasteiger partial charge in [0.25, 0.3) is 5.69 Å². The van der Waals surface area contributed by atoms with E-state index < -0.39 is 41.0 Å². The van der Waals surface area contributed by atoms with Crippen molar-refractivity contribution in [1.29, 1.82) is 0 Å². The number of benzene rings is 1. The monoisotopic (exact) mass is 362 g/mol. The Hall–Kier alpha value is -3.31. The zero-order chi connectivity index (χ0) is 19.3. The number of anilines is 1. The summed E-state index contributed by atoms with van der Waals surface area (Å²) in [6.45, 7) is -0.771. The van der Waals surface area contributed by atoms with Crippen LogP contribution in [0.1, 0.15) is 16.1 Å². The predicted molar refractivity (Wildman–Crippen MR) is 91.1 cm³/mol. The molecule has 1 amide bonds. The zero-order valence-electron chi connectivity index (χ0n) is 13.6. The van der Waals surface area contributed by atoms with E-state index in [4.69, 9.17) is 11.5 Å². The molecule has 7 N–H and O–H groups in total. The Labute approximate surface area is 147 Å². The molecule has 0 saturated carbocycles. The quantitative estimate of drug-likeness (QED) is 0.173. The third kappa shape index (κ3) is 4.20. The molecule has 2 rings (SSSR count). The molecular weight excluding hydrogens is 344 g/mol. The number of aliphatic hydroxyl groups is 1. The summed E-state index contributed by atoms with van der Waals surface area (Å²) < 4.78 is 0. The second-order valence-corrected chi connectivity index (χ2v) is 5.49. The van der Waals surface area contributed by atoms with E-state index in [-0.39, 0.29) is 17.7 Å². The van der Waals surface area contributed by atoms with Gasteiger partial charge in [-0.1, -0.05) is 6.07 Å². The third-order valence-electron chi connectivity index (χ3n) is 3.66. The fraction of sp³-hybridized carbons (Fsp3) is 0.267. The number of Topliss-reactive ketones (excluding diaryl/α,β-unsaturated/α-hetero) is 1. The SMILES string of the molecule is Nc1cccc([N+](=O)[O-])c1C(=O)C(CO)NC(=O)C(N)Cc1cnc[nH]1. The van der Waals surface area contributed by atoms with Gasteiger partial charge in [0.15, 0.2) is 5.78 Å². The molecule has 0 spiro atoms. The summed E-state index contributed by atoms with van der Waals surface area (Å²) in [7, 11) is 0. The van der Waals surface area contributed by atoms with Gasteiger partial charge in [-0.15, -0.1) is 0 Å². The van der Waals surface area contributed by atoms with Crippen LogP contribution in [0, 0.1) is 10.1 Å². The van der Waals surface area contributed by atoms with Gasteiger partial charge in [-0.25, -0.2) is 4.98 Å². The maximum Gasteiger partial charge on any atom is 0.282 e. The first-order valence-electron chi connectivity index (χ1n) is 7.56. The first-order valence-corrected chi connectivity index (χ1v) is 7.56. The first-order chi connectivity index (χ1) is 12.3. The number of carbonyl (C=O) groups excluding carboxylic acids is 2. The van der Waals surface area contributed by atoms with Gasteiger partial charge < -0.3 is 26.9 Å². The number of aromatic nitrogens is 2. The van der Waals surface area contributed by atoms with Gasteiger partial charge in [0.2, 0.25) is 5.91 Å². The largest absolute Gasteiger partial charge is 0.398 e. The van der Waals surface area contributed by atoms with Crippen molar-refractivity contribution in [2.24, 2.45) is 5.73 Å². The van der Waals surface area contributed by atoms with Crippen molar-refractivity contribution in [2.45, 2.75) is 18.5 Å². The van der Waals surface area contributed by atoms with Gasteiger partial charge in [-0.3, -0.25) is 19.7 Å². The van der Waals surface area contributed by atoms with Crippen LogP contribution < -0.4 is 16.8 Å². The van der Waals surface area contributed by atoms with Gasteiger partial charge in [0, 0.05) is 30.1 Å².